The predicted molar refractivity (Wildman–Crippen MR) is 73.8 cm³/mol. The van der Waals surface area contributed by atoms with Crippen LogP contribution < -0.4 is 0 Å². The van der Waals surface area contributed by atoms with Gasteiger partial charge in [0.25, 0.3) is 0 Å². The third-order valence-corrected chi connectivity index (χ3v) is 5.20. The summed E-state index contributed by atoms with van der Waals surface area (Å²) in [5.74, 6) is -0.870. The lowest BCUT2D eigenvalue weighted by Gasteiger charge is -2.41. The van der Waals surface area contributed by atoms with Crippen LogP contribution in [0.25, 0.3) is 0 Å². The molecular formula is C12H23F3N2O3S. The number of nitrogens with zero attached hydrogens (tertiary/aromatic N) is 2. The fourth-order valence-electron chi connectivity index (χ4n) is 2.42. The van der Waals surface area contributed by atoms with Gasteiger partial charge in [-0.15, -0.1) is 0 Å². The molecule has 0 N–H and O–H groups in total. The molecule has 0 bridgehead atoms. The first-order valence-corrected chi connectivity index (χ1v) is 8.61. The molecule has 21 heavy (non-hydrogen) atoms. The molecule has 1 rings (SSSR count). The second kappa shape index (κ2) is 7.75. The van der Waals surface area contributed by atoms with Crippen molar-refractivity contribution in [3.05, 3.63) is 0 Å². The van der Waals surface area contributed by atoms with Gasteiger partial charge in [-0.25, -0.2) is 8.42 Å². The van der Waals surface area contributed by atoms with E-state index in [0.717, 1.165) is 13.0 Å². The van der Waals surface area contributed by atoms with Crippen molar-refractivity contribution < 1.29 is 26.3 Å². The summed E-state index contributed by atoms with van der Waals surface area (Å²) in [6.07, 6.45) is 0.867. The Morgan fingerprint density at radius 2 is 1.90 bits per heavy atom. The Hall–Kier alpha value is -0.380. The van der Waals surface area contributed by atoms with Crippen LogP contribution in [-0.2, 0) is 14.6 Å². The SMILES string of the molecule is CC[C@H]1CN(CCS(=O)(=O)C(F)(F)F)CCN1CCOC. The normalized spacial score (nSPS) is 22.6. The van der Waals surface area contributed by atoms with E-state index >= 15 is 0 Å². The molecule has 0 aromatic rings. The van der Waals surface area contributed by atoms with Crippen molar-refractivity contribution in [2.45, 2.75) is 24.9 Å². The van der Waals surface area contributed by atoms with Crippen molar-refractivity contribution in [1.82, 2.24) is 9.80 Å². The molecule has 1 aliphatic rings. The molecule has 1 fully saturated rings. The summed E-state index contributed by atoms with van der Waals surface area (Å²) < 4.78 is 64.1. The zero-order chi connectivity index (χ0) is 16.1. The summed E-state index contributed by atoms with van der Waals surface area (Å²) in [5, 5.41) is 0. The van der Waals surface area contributed by atoms with Gasteiger partial charge in [-0.3, -0.25) is 9.80 Å². The average molecular weight is 332 g/mol. The molecule has 1 atom stereocenters. The Morgan fingerprint density at radius 3 is 2.43 bits per heavy atom. The topological polar surface area (TPSA) is 49.9 Å². The maximum atomic E-state index is 12.3. The number of alkyl halides is 3. The number of rotatable bonds is 7. The molecular weight excluding hydrogens is 309 g/mol. The molecule has 0 aliphatic carbocycles. The summed E-state index contributed by atoms with van der Waals surface area (Å²) in [6, 6.07) is 0.225. The maximum Gasteiger partial charge on any atom is 0.497 e. The van der Waals surface area contributed by atoms with Crippen molar-refractivity contribution in [3.8, 4) is 0 Å². The number of methoxy groups -OCH3 is 1. The van der Waals surface area contributed by atoms with Crippen molar-refractivity contribution in [2.24, 2.45) is 0 Å². The van der Waals surface area contributed by atoms with Gasteiger partial charge in [0.05, 0.1) is 12.4 Å². The van der Waals surface area contributed by atoms with E-state index in [4.69, 9.17) is 4.74 Å². The first-order chi connectivity index (χ1) is 9.71. The predicted octanol–water partition coefficient (Wildman–Crippen LogP) is 0.964. The average Bonchev–Trinajstić information content (AvgIpc) is 2.42. The van der Waals surface area contributed by atoms with Crippen molar-refractivity contribution >= 4 is 9.84 Å². The summed E-state index contributed by atoms with van der Waals surface area (Å²) in [7, 11) is -3.40. The third-order valence-electron chi connectivity index (χ3n) is 3.77. The minimum Gasteiger partial charge on any atom is -0.383 e. The molecule has 0 unspecified atom stereocenters. The van der Waals surface area contributed by atoms with Crippen LogP contribution in [0.4, 0.5) is 13.2 Å². The quantitative estimate of drug-likeness (QED) is 0.695. The molecule has 0 aromatic heterocycles. The van der Waals surface area contributed by atoms with Crippen LogP contribution in [0.3, 0.4) is 0 Å². The molecule has 9 heteroatoms. The second-order valence-corrected chi connectivity index (χ2v) is 7.26. The Balaban J connectivity index is 2.50. The number of hydrogen-bond donors (Lipinski definition) is 0. The van der Waals surface area contributed by atoms with Crippen LogP contribution in [0.2, 0.25) is 0 Å². The molecule has 0 spiro atoms. The van der Waals surface area contributed by atoms with E-state index in [1.165, 1.54) is 0 Å². The van der Waals surface area contributed by atoms with Crippen LogP contribution in [0.5, 0.6) is 0 Å². The molecule has 0 radical (unpaired) electrons. The Labute approximate surface area is 124 Å². The van der Waals surface area contributed by atoms with Crippen molar-refractivity contribution in [2.75, 3.05) is 52.2 Å². The van der Waals surface area contributed by atoms with Gasteiger partial charge >= 0.3 is 5.51 Å². The van der Waals surface area contributed by atoms with E-state index in [0.29, 0.717) is 26.2 Å². The summed E-state index contributed by atoms with van der Waals surface area (Å²) >= 11 is 0. The van der Waals surface area contributed by atoms with Crippen LogP contribution in [0, 0.1) is 0 Å². The lowest BCUT2D eigenvalue weighted by atomic mass is 10.1. The summed E-state index contributed by atoms with van der Waals surface area (Å²) in [4.78, 5) is 4.03. The number of piperazine rings is 1. The van der Waals surface area contributed by atoms with E-state index in [1.807, 2.05) is 6.92 Å². The van der Waals surface area contributed by atoms with Crippen LogP contribution in [0.15, 0.2) is 0 Å². The van der Waals surface area contributed by atoms with E-state index < -0.39 is 21.1 Å². The fraction of sp³-hybridized carbons (Fsp3) is 1.00. The van der Waals surface area contributed by atoms with Gasteiger partial charge in [0.15, 0.2) is 0 Å². The van der Waals surface area contributed by atoms with Gasteiger partial charge in [-0.2, -0.15) is 13.2 Å². The van der Waals surface area contributed by atoms with Crippen LogP contribution in [-0.4, -0.2) is 82.0 Å². The molecule has 126 valence electrons. The van der Waals surface area contributed by atoms with Crippen molar-refractivity contribution in [3.63, 3.8) is 0 Å². The Bertz CT molecular complexity index is 414. The van der Waals surface area contributed by atoms with E-state index in [2.05, 4.69) is 4.90 Å². The maximum absolute atomic E-state index is 12.3. The molecule has 0 amide bonds. The van der Waals surface area contributed by atoms with E-state index in [1.54, 1.807) is 12.0 Å². The van der Waals surface area contributed by atoms with Gasteiger partial charge in [0.1, 0.15) is 0 Å². The van der Waals surface area contributed by atoms with Crippen LogP contribution >= 0.6 is 0 Å². The molecule has 0 saturated carbocycles. The van der Waals surface area contributed by atoms with E-state index in [-0.39, 0.29) is 12.6 Å². The largest absolute Gasteiger partial charge is 0.497 e. The van der Waals surface area contributed by atoms with Gasteiger partial charge in [-0.05, 0) is 6.42 Å². The molecule has 1 saturated heterocycles. The van der Waals surface area contributed by atoms with Crippen LogP contribution in [0.1, 0.15) is 13.3 Å². The minimum absolute atomic E-state index is 0.0730. The first-order valence-electron chi connectivity index (χ1n) is 6.95. The lowest BCUT2D eigenvalue weighted by Crippen LogP contribution is -2.54. The highest BCUT2D eigenvalue weighted by Gasteiger charge is 2.45. The van der Waals surface area contributed by atoms with Gasteiger partial charge in [0.2, 0.25) is 9.84 Å². The molecule has 1 aliphatic heterocycles. The molecule has 5 nitrogen and oxygen atoms in total. The fourth-order valence-corrected chi connectivity index (χ4v) is 3.15. The highest BCUT2D eigenvalue weighted by atomic mass is 32.2. The highest BCUT2D eigenvalue weighted by Crippen LogP contribution is 2.24. The van der Waals surface area contributed by atoms with E-state index in [9.17, 15) is 21.6 Å². The lowest BCUT2D eigenvalue weighted by molar-refractivity contribution is -0.0438. The monoisotopic (exact) mass is 332 g/mol. The smallest absolute Gasteiger partial charge is 0.383 e. The zero-order valence-corrected chi connectivity index (χ0v) is 13.2. The first kappa shape index (κ1) is 18.7. The van der Waals surface area contributed by atoms with Gasteiger partial charge in [-0.1, -0.05) is 6.92 Å². The summed E-state index contributed by atoms with van der Waals surface area (Å²) in [5.41, 5.74) is -5.16. The second-order valence-electron chi connectivity index (χ2n) is 5.16. The minimum atomic E-state index is -5.16. The Morgan fingerprint density at radius 1 is 1.24 bits per heavy atom. The highest BCUT2D eigenvalue weighted by molar-refractivity contribution is 7.92. The van der Waals surface area contributed by atoms with Gasteiger partial charge < -0.3 is 4.74 Å². The summed E-state index contributed by atoms with van der Waals surface area (Å²) in [6.45, 7) is 5.22. The third kappa shape index (κ3) is 5.39. The zero-order valence-electron chi connectivity index (χ0n) is 12.4. The number of halogens is 3. The number of hydrogen-bond acceptors (Lipinski definition) is 5. The van der Waals surface area contributed by atoms with Gasteiger partial charge in [0, 0.05) is 45.9 Å². The standard InChI is InChI=1S/C12H23F3N2O3S/c1-3-11-10-16(4-5-17(11)6-8-20-2)7-9-21(18,19)12(13,14)15/h11H,3-10H2,1-2H3/t11-/m0/s1. The van der Waals surface area contributed by atoms with Crippen molar-refractivity contribution in [1.29, 1.82) is 0 Å². The molecule has 1 heterocycles. The molecule has 0 aromatic carbocycles. The number of sulfone groups is 1. The Kier molecular flexibility index (Phi) is 6.89. The number of ether oxygens (including phenoxy) is 1.